The van der Waals surface area contributed by atoms with Gasteiger partial charge < -0.3 is 9.88 Å². The van der Waals surface area contributed by atoms with Gasteiger partial charge >= 0.3 is 0 Å². The summed E-state index contributed by atoms with van der Waals surface area (Å²) in [5, 5.41) is 12.3. The molecule has 3 rings (SSSR count). The van der Waals surface area contributed by atoms with E-state index >= 15 is 0 Å². The van der Waals surface area contributed by atoms with Crippen molar-refractivity contribution in [3.63, 3.8) is 0 Å². The van der Waals surface area contributed by atoms with Crippen molar-refractivity contribution in [1.29, 1.82) is 5.26 Å². The number of aryl methyl sites for hydroxylation is 1. The minimum Gasteiger partial charge on any atom is -0.340 e. The van der Waals surface area contributed by atoms with Gasteiger partial charge in [0.15, 0.2) is 0 Å². The van der Waals surface area contributed by atoms with Crippen LogP contribution < -0.4 is 5.32 Å². The van der Waals surface area contributed by atoms with E-state index in [1.165, 1.54) is 12.1 Å². The van der Waals surface area contributed by atoms with Gasteiger partial charge in [-0.25, -0.2) is 4.39 Å². The molecule has 3 aromatic rings. The van der Waals surface area contributed by atoms with Crippen LogP contribution >= 0.6 is 0 Å². The van der Waals surface area contributed by atoms with Crippen molar-refractivity contribution in [2.75, 3.05) is 5.32 Å². The number of benzene rings is 2. The molecule has 22 heavy (non-hydrogen) atoms. The number of nitrogens with zero attached hydrogens (tertiary/aromatic N) is 2. The second-order valence-electron chi connectivity index (χ2n) is 4.94. The first kappa shape index (κ1) is 13.8. The Morgan fingerprint density at radius 3 is 2.82 bits per heavy atom. The molecule has 0 aliphatic rings. The van der Waals surface area contributed by atoms with Crippen LogP contribution in [0.15, 0.2) is 48.5 Å². The number of fused-ring (bicyclic) bond motifs is 1. The third-order valence-corrected chi connectivity index (χ3v) is 3.49. The summed E-state index contributed by atoms with van der Waals surface area (Å²) in [6.45, 7) is 0. The fraction of sp³-hybridized carbons (Fsp3) is 0.0588. The van der Waals surface area contributed by atoms with Gasteiger partial charge in [0.1, 0.15) is 11.5 Å². The van der Waals surface area contributed by atoms with Crippen molar-refractivity contribution in [3.8, 4) is 6.07 Å². The molecule has 1 heterocycles. The third kappa shape index (κ3) is 2.42. The van der Waals surface area contributed by atoms with Gasteiger partial charge in [-0.1, -0.05) is 6.07 Å². The average molecular weight is 293 g/mol. The van der Waals surface area contributed by atoms with Gasteiger partial charge in [-0.15, -0.1) is 0 Å². The van der Waals surface area contributed by atoms with Crippen LogP contribution in [0.2, 0.25) is 0 Å². The maximum atomic E-state index is 13.3. The Balaban J connectivity index is 1.95. The number of rotatable bonds is 2. The van der Waals surface area contributed by atoms with E-state index in [0.717, 1.165) is 5.52 Å². The second-order valence-corrected chi connectivity index (χ2v) is 4.94. The van der Waals surface area contributed by atoms with Gasteiger partial charge in [-0.2, -0.15) is 5.26 Å². The number of nitrogens with one attached hydrogen (secondary N) is 1. The average Bonchev–Trinajstić information content (AvgIpc) is 2.84. The van der Waals surface area contributed by atoms with Crippen molar-refractivity contribution in [1.82, 2.24) is 4.57 Å². The molecule has 0 unspecified atom stereocenters. The summed E-state index contributed by atoms with van der Waals surface area (Å²) in [4.78, 5) is 12.4. The minimum atomic E-state index is -0.341. The van der Waals surface area contributed by atoms with Crippen LogP contribution in [0.3, 0.4) is 0 Å². The largest absolute Gasteiger partial charge is 0.340 e. The molecule has 0 radical (unpaired) electrons. The highest BCUT2D eigenvalue weighted by atomic mass is 19.1. The quantitative estimate of drug-likeness (QED) is 0.786. The molecule has 1 aromatic heterocycles. The van der Waals surface area contributed by atoms with Gasteiger partial charge in [0, 0.05) is 23.6 Å². The Hall–Kier alpha value is -3.13. The molecule has 0 aliphatic heterocycles. The number of hydrogen-bond donors (Lipinski definition) is 1. The summed E-state index contributed by atoms with van der Waals surface area (Å²) in [6, 6.07) is 14.7. The molecule has 0 saturated heterocycles. The van der Waals surface area contributed by atoms with Gasteiger partial charge in [-0.3, -0.25) is 4.79 Å². The number of aromatic nitrogens is 1. The second kappa shape index (κ2) is 5.34. The van der Waals surface area contributed by atoms with Crippen LogP contribution in [-0.2, 0) is 7.05 Å². The van der Waals surface area contributed by atoms with Gasteiger partial charge in [0.25, 0.3) is 5.91 Å². The highest BCUT2D eigenvalue weighted by Gasteiger charge is 2.14. The van der Waals surface area contributed by atoms with E-state index in [4.69, 9.17) is 5.26 Å². The van der Waals surface area contributed by atoms with Crippen molar-refractivity contribution < 1.29 is 9.18 Å². The Morgan fingerprint density at radius 2 is 2.05 bits per heavy atom. The van der Waals surface area contributed by atoms with Crippen LogP contribution in [-0.4, -0.2) is 10.5 Å². The lowest BCUT2D eigenvalue weighted by Crippen LogP contribution is -2.15. The van der Waals surface area contributed by atoms with Crippen LogP contribution in [0.1, 0.15) is 16.1 Å². The van der Waals surface area contributed by atoms with Crippen molar-refractivity contribution >= 4 is 22.5 Å². The normalized spacial score (nSPS) is 10.4. The maximum Gasteiger partial charge on any atom is 0.272 e. The van der Waals surface area contributed by atoms with E-state index < -0.39 is 0 Å². The number of hydrogen-bond acceptors (Lipinski definition) is 2. The molecule has 0 bridgehead atoms. The molecule has 0 aliphatic carbocycles. The summed E-state index contributed by atoms with van der Waals surface area (Å²) >= 11 is 0. The first-order chi connectivity index (χ1) is 10.6. The van der Waals surface area contributed by atoms with Crippen LogP contribution in [0.25, 0.3) is 10.9 Å². The third-order valence-electron chi connectivity index (χ3n) is 3.49. The number of nitriles is 1. The van der Waals surface area contributed by atoms with Crippen LogP contribution in [0, 0.1) is 17.1 Å². The van der Waals surface area contributed by atoms with Crippen molar-refractivity contribution in [2.24, 2.45) is 7.05 Å². The Bertz CT molecular complexity index is 921. The number of carbonyl (C=O) groups is 1. The molecule has 0 saturated carbocycles. The maximum absolute atomic E-state index is 13.3. The van der Waals surface area contributed by atoms with E-state index in [-0.39, 0.29) is 11.7 Å². The molecular weight excluding hydrogens is 281 g/mol. The smallest absolute Gasteiger partial charge is 0.272 e. The summed E-state index contributed by atoms with van der Waals surface area (Å²) in [6.07, 6.45) is 0. The first-order valence-electron chi connectivity index (χ1n) is 6.65. The van der Waals surface area contributed by atoms with Crippen LogP contribution in [0.4, 0.5) is 10.1 Å². The van der Waals surface area contributed by atoms with Crippen molar-refractivity contribution in [3.05, 3.63) is 65.6 Å². The van der Waals surface area contributed by atoms with Gasteiger partial charge in [0.2, 0.25) is 0 Å². The zero-order chi connectivity index (χ0) is 15.7. The van der Waals surface area contributed by atoms with E-state index in [9.17, 15) is 9.18 Å². The highest BCUT2D eigenvalue weighted by Crippen LogP contribution is 2.21. The molecule has 5 heteroatoms. The number of anilines is 1. The molecule has 1 N–H and O–H groups in total. The molecular formula is C17H12FN3O. The summed E-state index contributed by atoms with van der Waals surface area (Å²) in [5.74, 6) is -0.652. The van der Waals surface area contributed by atoms with Gasteiger partial charge in [0.05, 0.1) is 11.6 Å². The van der Waals surface area contributed by atoms with E-state index in [1.807, 2.05) is 6.07 Å². The monoisotopic (exact) mass is 293 g/mol. The number of amides is 1. The summed E-state index contributed by atoms with van der Waals surface area (Å²) in [7, 11) is 1.75. The molecule has 0 spiro atoms. The van der Waals surface area contributed by atoms with E-state index in [2.05, 4.69) is 5.32 Å². The molecule has 0 fully saturated rings. The predicted octanol–water partition coefficient (Wildman–Crippen LogP) is 3.44. The lowest BCUT2D eigenvalue weighted by molar-refractivity contribution is 0.102. The van der Waals surface area contributed by atoms with E-state index in [0.29, 0.717) is 22.3 Å². The standard InChI is InChI=1S/C17H12FN3O/c1-21-15-6-5-13(18)8-12(15)9-16(21)17(22)20-14-4-2-3-11(7-14)10-19/h2-9H,1H3,(H,20,22). The van der Waals surface area contributed by atoms with Gasteiger partial charge in [-0.05, 0) is 42.5 Å². The Kier molecular flexibility index (Phi) is 3.36. The number of carbonyl (C=O) groups excluding carboxylic acids is 1. The first-order valence-corrected chi connectivity index (χ1v) is 6.65. The number of halogens is 1. The van der Waals surface area contributed by atoms with E-state index in [1.54, 1.807) is 48.0 Å². The summed E-state index contributed by atoms with van der Waals surface area (Å²) in [5.41, 5.74) is 2.21. The minimum absolute atomic E-state index is 0.311. The molecule has 1 amide bonds. The predicted molar refractivity (Wildman–Crippen MR) is 82.0 cm³/mol. The zero-order valence-electron chi connectivity index (χ0n) is 11.8. The lowest BCUT2D eigenvalue weighted by atomic mass is 10.2. The SMILES string of the molecule is Cn1c(C(=O)Nc2cccc(C#N)c2)cc2cc(F)ccc21. The topological polar surface area (TPSA) is 57.8 Å². The Labute approximate surface area is 126 Å². The molecule has 2 aromatic carbocycles. The fourth-order valence-electron chi connectivity index (χ4n) is 2.40. The van der Waals surface area contributed by atoms with Crippen molar-refractivity contribution in [2.45, 2.75) is 0 Å². The molecule has 0 atom stereocenters. The highest BCUT2D eigenvalue weighted by molar-refractivity contribution is 6.06. The fourth-order valence-corrected chi connectivity index (χ4v) is 2.40. The van der Waals surface area contributed by atoms with Crippen LogP contribution in [0.5, 0.6) is 0 Å². The zero-order valence-corrected chi connectivity index (χ0v) is 11.8. The Morgan fingerprint density at radius 1 is 1.23 bits per heavy atom. The lowest BCUT2D eigenvalue weighted by Gasteiger charge is -2.06. The summed E-state index contributed by atoms with van der Waals surface area (Å²) < 4.78 is 15.0. The molecule has 108 valence electrons. The molecule has 4 nitrogen and oxygen atoms in total.